The van der Waals surface area contributed by atoms with Crippen LogP contribution in [-0.4, -0.2) is 44.2 Å². The Labute approximate surface area is 115 Å². The van der Waals surface area contributed by atoms with Gasteiger partial charge in [0.15, 0.2) is 0 Å². The Morgan fingerprint density at radius 1 is 1.28 bits per heavy atom. The van der Waals surface area contributed by atoms with Crippen LogP contribution in [0.5, 0.6) is 5.75 Å². The molecule has 0 N–H and O–H groups in total. The van der Waals surface area contributed by atoms with Gasteiger partial charge in [-0.3, -0.25) is 4.79 Å². The molecule has 1 aromatic rings. The molecule has 2 rings (SSSR count). The minimum Gasteiger partial charge on any atom is -0.495 e. The van der Waals surface area contributed by atoms with Crippen molar-refractivity contribution in [1.29, 1.82) is 0 Å². The van der Waals surface area contributed by atoms with Crippen LogP contribution in [-0.2, 0) is 4.74 Å². The van der Waals surface area contributed by atoms with Crippen LogP contribution in [0.15, 0.2) is 12.1 Å². The molecule has 0 bridgehead atoms. The number of carbonyl (C=O) groups excluding carboxylic acids is 1. The van der Waals surface area contributed by atoms with Crippen LogP contribution >= 0.6 is 23.2 Å². The third-order valence-corrected chi connectivity index (χ3v) is 3.66. The first-order valence-electron chi connectivity index (χ1n) is 5.54. The summed E-state index contributed by atoms with van der Waals surface area (Å²) in [5.41, 5.74) is 0.393. The van der Waals surface area contributed by atoms with Gasteiger partial charge in [-0.25, -0.2) is 0 Å². The van der Waals surface area contributed by atoms with Crippen LogP contribution in [0.3, 0.4) is 0 Å². The van der Waals surface area contributed by atoms with E-state index < -0.39 is 0 Å². The summed E-state index contributed by atoms with van der Waals surface area (Å²) in [6.45, 7) is 2.23. The van der Waals surface area contributed by atoms with Crippen LogP contribution in [0.1, 0.15) is 10.4 Å². The van der Waals surface area contributed by atoms with Crippen molar-refractivity contribution in [2.24, 2.45) is 0 Å². The third kappa shape index (κ3) is 2.55. The van der Waals surface area contributed by atoms with Crippen LogP contribution in [0.2, 0.25) is 10.0 Å². The molecule has 0 unspecified atom stereocenters. The van der Waals surface area contributed by atoms with Crippen LogP contribution in [0.25, 0.3) is 0 Å². The molecule has 0 aromatic heterocycles. The van der Waals surface area contributed by atoms with Crippen molar-refractivity contribution in [1.82, 2.24) is 4.90 Å². The minimum absolute atomic E-state index is 0.132. The number of nitrogens with zero attached hydrogens (tertiary/aromatic N) is 1. The molecule has 18 heavy (non-hydrogen) atoms. The standard InChI is InChI=1S/C12H13Cl2NO3/c1-17-9-3-2-8(10(13)11(9)14)12(16)15-4-6-18-7-5-15/h2-3H,4-7H2,1H3. The number of carbonyl (C=O) groups is 1. The second-order valence-electron chi connectivity index (χ2n) is 3.85. The monoisotopic (exact) mass is 289 g/mol. The number of methoxy groups -OCH3 is 1. The summed E-state index contributed by atoms with van der Waals surface area (Å²) in [5, 5.41) is 0.491. The van der Waals surface area contributed by atoms with E-state index in [0.29, 0.717) is 37.6 Å². The summed E-state index contributed by atoms with van der Waals surface area (Å²) in [5.74, 6) is 0.327. The van der Waals surface area contributed by atoms with Gasteiger partial charge in [-0.15, -0.1) is 0 Å². The fourth-order valence-corrected chi connectivity index (χ4v) is 2.27. The Bertz CT molecular complexity index is 459. The van der Waals surface area contributed by atoms with Gasteiger partial charge in [-0.2, -0.15) is 0 Å². The van der Waals surface area contributed by atoms with Crippen molar-refractivity contribution in [2.45, 2.75) is 0 Å². The third-order valence-electron chi connectivity index (χ3n) is 2.80. The second kappa shape index (κ2) is 5.78. The number of morpholine rings is 1. The van der Waals surface area contributed by atoms with Gasteiger partial charge in [0.1, 0.15) is 10.8 Å². The van der Waals surface area contributed by atoms with Crippen molar-refractivity contribution < 1.29 is 14.3 Å². The van der Waals surface area contributed by atoms with Gasteiger partial charge in [0, 0.05) is 13.1 Å². The normalized spacial score (nSPS) is 15.6. The van der Waals surface area contributed by atoms with Crippen LogP contribution in [0, 0.1) is 0 Å². The number of amides is 1. The maximum absolute atomic E-state index is 12.3. The molecule has 1 fully saturated rings. The topological polar surface area (TPSA) is 38.8 Å². The summed E-state index contributed by atoms with van der Waals surface area (Å²) in [6, 6.07) is 3.27. The summed E-state index contributed by atoms with van der Waals surface area (Å²) >= 11 is 12.1. The Morgan fingerprint density at radius 3 is 2.56 bits per heavy atom. The van der Waals surface area contributed by atoms with E-state index >= 15 is 0 Å². The lowest BCUT2D eigenvalue weighted by atomic mass is 10.1. The number of ether oxygens (including phenoxy) is 2. The van der Waals surface area contributed by atoms with Gasteiger partial charge in [0.25, 0.3) is 5.91 Å². The highest BCUT2D eigenvalue weighted by molar-refractivity contribution is 6.44. The zero-order chi connectivity index (χ0) is 13.1. The molecule has 0 spiro atoms. The van der Waals surface area contributed by atoms with Crippen molar-refractivity contribution in [3.05, 3.63) is 27.7 Å². The van der Waals surface area contributed by atoms with Gasteiger partial charge in [-0.05, 0) is 12.1 Å². The predicted molar refractivity (Wildman–Crippen MR) is 69.7 cm³/mol. The summed E-state index contributed by atoms with van der Waals surface area (Å²) in [4.78, 5) is 14.0. The minimum atomic E-state index is -0.132. The molecule has 1 aliphatic rings. The van der Waals surface area contributed by atoms with Crippen molar-refractivity contribution in [3.8, 4) is 5.75 Å². The molecule has 0 saturated carbocycles. The Hall–Kier alpha value is -0.970. The van der Waals surface area contributed by atoms with Gasteiger partial charge >= 0.3 is 0 Å². The lowest BCUT2D eigenvalue weighted by Crippen LogP contribution is -2.40. The summed E-state index contributed by atoms with van der Waals surface area (Å²) < 4.78 is 10.2. The largest absolute Gasteiger partial charge is 0.495 e. The summed E-state index contributed by atoms with van der Waals surface area (Å²) in [7, 11) is 1.50. The molecule has 98 valence electrons. The average Bonchev–Trinajstić information content (AvgIpc) is 2.42. The molecule has 6 heteroatoms. The molecule has 1 aromatic carbocycles. The van der Waals surface area contributed by atoms with Gasteiger partial charge in [-0.1, -0.05) is 23.2 Å². The lowest BCUT2D eigenvalue weighted by molar-refractivity contribution is 0.0303. The van der Waals surface area contributed by atoms with Gasteiger partial charge in [0.05, 0.1) is 30.9 Å². The van der Waals surface area contributed by atoms with E-state index in [9.17, 15) is 4.79 Å². The fraction of sp³-hybridized carbons (Fsp3) is 0.417. The molecule has 0 atom stereocenters. The quantitative estimate of drug-likeness (QED) is 0.840. The lowest BCUT2D eigenvalue weighted by Gasteiger charge is -2.27. The number of hydrogen-bond donors (Lipinski definition) is 0. The molecule has 0 aliphatic carbocycles. The number of hydrogen-bond acceptors (Lipinski definition) is 3. The first-order valence-corrected chi connectivity index (χ1v) is 6.29. The zero-order valence-electron chi connectivity index (χ0n) is 9.91. The molecular weight excluding hydrogens is 277 g/mol. The van der Waals surface area contributed by atoms with Crippen LogP contribution < -0.4 is 4.74 Å². The first-order chi connectivity index (χ1) is 8.65. The molecule has 4 nitrogen and oxygen atoms in total. The number of rotatable bonds is 2. The molecule has 0 radical (unpaired) electrons. The summed E-state index contributed by atoms with van der Waals surface area (Å²) in [6.07, 6.45) is 0. The molecular formula is C12H13Cl2NO3. The fourth-order valence-electron chi connectivity index (χ4n) is 1.79. The molecule has 1 aliphatic heterocycles. The maximum atomic E-state index is 12.3. The number of benzene rings is 1. The highest BCUT2D eigenvalue weighted by Crippen LogP contribution is 2.35. The zero-order valence-corrected chi connectivity index (χ0v) is 11.4. The molecule has 1 amide bonds. The van der Waals surface area contributed by atoms with Crippen molar-refractivity contribution >= 4 is 29.1 Å². The second-order valence-corrected chi connectivity index (χ2v) is 4.60. The van der Waals surface area contributed by atoms with Crippen molar-refractivity contribution in [3.63, 3.8) is 0 Å². The van der Waals surface area contributed by atoms with E-state index in [0.717, 1.165) is 0 Å². The molecule has 1 heterocycles. The van der Waals surface area contributed by atoms with E-state index in [-0.39, 0.29) is 16.0 Å². The highest BCUT2D eigenvalue weighted by atomic mass is 35.5. The van der Waals surface area contributed by atoms with E-state index in [1.54, 1.807) is 17.0 Å². The SMILES string of the molecule is COc1ccc(C(=O)N2CCOCC2)c(Cl)c1Cl. The number of halogens is 2. The Kier molecular flexibility index (Phi) is 4.32. The van der Waals surface area contributed by atoms with E-state index in [1.807, 2.05) is 0 Å². The van der Waals surface area contributed by atoms with Crippen LogP contribution in [0.4, 0.5) is 0 Å². The first kappa shape index (κ1) is 13.5. The van der Waals surface area contributed by atoms with Crippen molar-refractivity contribution in [2.75, 3.05) is 33.4 Å². The predicted octanol–water partition coefficient (Wildman–Crippen LogP) is 2.47. The Morgan fingerprint density at radius 2 is 1.94 bits per heavy atom. The smallest absolute Gasteiger partial charge is 0.255 e. The maximum Gasteiger partial charge on any atom is 0.255 e. The molecule has 1 saturated heterocycles. The van der Waals surface area contributed by atoms with Gasteiger partial charge < -0.3 is 14.4 Å². The average molecular weight is 290 g/mol. The van der Waals surface area contributed by atoms with Gasteiger partial charge in [0.2, 0.25) is 0 Å². The highest BCUT2D eigenvalue weighted by Gasteiger charge is 2.22. The van der Waals surface area contributed by atoms with E-state index in [1.165, 1.54) is 7.11 Å². The Balaban J connectivity index is 2.27. The van der Waals surface area contributed by atoms with E-state index in [2.05, 4.69) is 0 Å². The van der Waals surface area contributed by atoms with E-state index in [4.69, 9.17) is 32.7 Å².